The van der Waals surface area contributed by atoms with Crippen molar-refractivity contribution in [2.24, 2.45) is 0 Å². The average Bonchev–Trinajstić information content (AvgIpc) is 2.94. The Kier molecular flexibility index (Phi) is 4.77. The first-order chi connectivity index (χ1) is 11.0. The first-order valence-electron chi connectivity index (χ1n) is 6.79. The maximum Gasteiger partial charge on any atom is 0.416 e. The summed E-state index contributed by atoms with van der Waals surface area (Å²) in [5, 5.41) is 3.58. The molecule has 1 unspecified atom stereocenters. The van der Waals surface area contributed by atoms with Crippen LogP contribution in [0.25, 0.3) is 0 Å². The minimum atomic E-state index is -4.94. The van der Waals surface area contributed by atoms with Gasteiger partial charge in [0.25, 0.3) is 5.89 Å². The lowest BCUT2D eigenvalue weighted by Gasteiger charge is -2.16. The van der Waals surface area contributed by atoms with Crippen LogP contribution in [-0.4, -0.2) is 10.1 Å². The molecule has 2 aromatic rings. The van der Waals surface area contributed by atoms with Gasteiger partial charge in [-0.25, -0.2) is 0 Å². The fraction of sp³-hybridized carbons (Fsp3) is 0.429. The molecule has 0 spiro atoms. The lowest BCUT2D eigenvalue weighted by molar-refractivity contribution is -0.143. The predicted molar refractivity (Wildman–Crippen MR) is 69.2 cm³/mol. The van der Waals surface area contributed by atoms with Gasteiger partial charge < -0.3 is 9.26 Å². The van der Waals surface area contributed by atoms with E-state index < -0.39 is 35.3 Å². The Hall–Kier alpha value is -2.26. The van der Waals surface area contributed by atoms with Gasteiger partial charge in [0.05, 0.1) is 11.1 Å². The normalized spacial score (nSPS) is 13.8. The van der Waals surface area contributed by atoms with Gasteiger partial charge in [-0.2, -0.15) is 31.3 Å². The Bertz CT molecular complexity index is 676. The van der Waals surface area contributed by atoms with Crippen LogP contribution in [-0.2, 0) is 18.8 Å². The minimum Gasteiger partial charge on any atom is -0.481 e. The van der Waals surface area contributed by atoms with E-state index in [-0.39, 0.29) is 12.0 Å². The van der Waals surface area contributed by atoms with Crippen LogP contribution in [0, 0.1) is 0 Å². The topological polar surface area (TPSA) is 48.2 Å². The molecule has 1 aromatic heterocycles. The van der Waals surface area contributed by atoms with Gasteiger partial charge in [0.2, 0.25) is 0 Å². The smallest absolute Gasteiger partial charge is 0.416 e. The third kappa shape index (κ3) is 4.18. The summed E-state index contributed by atoms with van der Waals surface area (Å²) in [6.45, 7) is 3.13. The molecule has 4 nitrogen and oxygen atoms in total. The van der Waals surface area contributed by atoms with Crippen LogP contribution in [0.15, 0.2) is 22.7 Å². The molecule has 132 valence electrons. The number of rotatable bonds is 4. The van der Waals surface area contributed by atoms with Crippen LogP contribution in [0.5, 0.6) is 5.75 Å². The lowest BCUT2D eigenvalue weighted by Crippen LogP contribution is -2.12. The highest BCUT2D eigenvalue weighted by Crippen LogP contribution is 2.38. The van der Waals surface area contributed by atoms with E-state index in [0.29, 0.717) is 24.4 Å². The molecule has 0 radical (unpaired) electrons. The second kappa shape index (κ2) is 6.33. The molecule has 0 aliphatic rings. The van der Waals surface area contributed by atoms with E-state index in [9.17, 15) is 26.3 Å². The van der Waals surface area contributed by atoms with E-state index in [1.165, 1.54) is 6.92 Å². The Morgan fingerprint density at radius 3 is 2.00 bits per heavy atom. The largest absolute Gasteiger partial charge is 0.481 e. The molecule has 0 fully saturated rings. The quantitative estimate of drug-likeness (QED) is 0.740. The summed E-state index contributed by atoms with van der Waals surface area (Å²) < 4.78 is 86.7. The van der Waals surface area contributed by atoms with Gasteiger partial charge in [0.15, 0.2) is 11.9 Å². The maximum absolute atomic E-state index is 12.8. The molecule has 0 aliphatic carbocycles. The summed E-state index contributed by atoms with van der Waals surface area (Å²) in [5.74, 6) is -0.292. The molecule has 2 rings (SSSR count). The van der Waals surface area contributed by atoms with E-state index in [1.807, 2.05) is 0 Å². The highest BCUT2D eigenvalue weighted by molar-refractivity contribution is 5.37. The van der Waals surface area contributed by atoms with Crippen molar-refractivity contribution >= 4 is 0 Å². The second-order valence-electron chi connectivity index (χ2n) is 4.90. The monoisotopic (exact) mass is 354 g/mol. The van der Waals surface area contributed by atoms with Crippen molar-refractivity contribution in [3.8, 4) is 5.75 Å². The number of hydrogen-bond acceptors (Lipinski definition) is 4. The molecule has 0 aliphatic heterocycles. The molecule has 10 heteroatoms. The number of aryl methyl sites for hydroxylation is 1. The van der Waals surface area contributed by atoms with Gasteiger partial charge in [-0.1, -0.05) is 12.1 Å². The number of ether oxygens (including phenoxy) is 1. The summed E-state index contributed by atoms with van der Waals surface area (Å²) >= 11 is 0. The second-order valence-corrected chi connectivity index (χ2v) is 4.90. The van der Waals surface area contributed by atoms with Crippen LogP contribution in [0.4, 0.5) is 26.3 Å². The van der Waals surface area contributed by atoms with Crippen molar-refractivity contribution < 1.29 is 35.6 Å². The Labute approximate surface area is 132 Å². The average molecular weight is 354 g/mol. The molecule has 0 N–H and O–H groups in total. The number of halogens is 6. The van der Waals surface area contributed by atoms with Crippen molar-refractivity contribution in [3.63, 3.8) is 0 Å². The minimum absolute atomic E-state index is 0.0272. The molecular formula is C14H12F6N2O2. The lowest BCUT2D eigenvalue weighted by atomic mass is 10.1. The first-order valence-corrected chi connectivity index (χ1v) is 6.79. The summed E-state index contributed by atoms with van der Waals surface area (Å²) in [7, 11) is 0. The van der Waals surface area contributed by atoms with E-state index in [2.05, 4.69) is 10.1 Å². The summed E-state index contributed by atoms with van der Waals surface area (Å²) in [5.41, 5.74) is -2.92. The SMILES string of the molecule is CCc1noc(C(C)Oc2cc(C(F)(F)F)cc(C(F)(F)F)c2)n1. The zero-order chi connectivity index (χ0) is 18.1. The fourth-order valence-electron chi connectivity index (χ4n) is 1.83. The zero-order valence-corrected chi connectivity index (χ0v) is 12.5. The van der Waals surface area contributed by atoms with Crippen molar-refractivity contribution in [2.75, 3.05) is 0 Å². The summed E-state index contributed by atoms with van der Waals surface area (Å²) in [6, 6.07) is 1.01. The number of benzene rings is 1. The van der Waals surface area contributed by atoms with Crippen molar-refractivity contribution in [1.29, 1.82) is 0 Å². The predicted octanol–water partition coefficient (Wildman–Crippen LogP) is 4.81. The van der Waals surface area contributed by atoms with E-state index in [0.717, 1.165) is 0 Å². The van der Waals surface area contributed by atoms with E-state index in [4.69, 9.17) is 9.26 Å². The molecule has 24 heavy (non-hydrogen) atoms. The standard InChI is InChI=1S/C14H12F6N2O2/c1-3-11-21-12(24-22-11)7(2)23-10-5-8(13(15,16)17)4-9(6-10)14(18,19)20/h4-7H,3H2,1-2H3. The molecule has 0 amide bonds. The number of alkyl halides is 6. The third-order valence-corrected chi connectivity index (χ3v) is 3.02. The molecule has 1 heterocycles. The Morgan fingerprint density at radius 1 is 1.04 bits per heavy atom. The number of aromatic nitrogens is 2. The molecule has 1 atom stereocenters. The number of hydrogen-bond donors (Lipinski definition) is 0. The van der Waals surface area contributed by atoms with Crippen LogP contribution < -0.4 is 4.74 Å². The van der Waals surface area contributed by atoms with Crippen molar-refractivity contribution in [1.82, 2.24) is 10.1 Å². The Morgan fingerprint density at radius 2 is 1.58 bits per heavy atom. The van der Waals surface area contributed by atoms with Gasteiger partial charge >= 0.3 is 12.4 Å². The fourth-order valence-corrected chi connectivity index (χ4v) is 1.83. The zero-order valence-electron chi connectivity index (χ0n) is 12.5. The van der Waals surface area contributed by atoms with E-state index >= 15 is 0 Å². The summed E-state index contributed by atoms with van der Waals surface area (Å²) in [6.07, 6.45) is -10.4. The number of nitrogens with zero attached hydrogens (tertiary/aromatic N) is 2. The van der Waals surface area contributed by atoms with Gasteiger partial charge in [-0.15, -0.1) is 0 Å². The van der Waals surface area contributed by atoms with Crippen LogP contribution >= 0.6 is 0 Å². The molecule has 0 saturated carbocycles. The van der Waals surface area contributed by atoms with Gasteiger partial charge in [-0.05, 0) is 25.1 Å². The highest BCUT2D eigenvalue weighted by Gasteiger charge is 2.37. The molecule has 1 aromatic carbocycles. The summed E-state index contributed by atoms with van der Waals surface area (Å²) in [4.78, 5) is 3.92. The van der Waals surface area contributed by atoms with E-state index in [1.54, 1.807) is 6.92 Å². The van der Waals surface area contributed by atoms with Gasteiger partial charge in [-0.3, -0.25) is 0 Å². The van der Waals surface area contributed by atoms with Crippen molar-refractivity contribution in [2.45, 2.75) is 38.7 Å². The van der Waals surface area contributed by atoms with Crippen molar-refractivity contribution in [3.05, 3.63) is 41.0 Å². The van der Waals surface area contributed by atoms with Crippen LogP contribution in [0.1, 0.15) is 42.8 Å². The molecule has 0 saturated heterocycles. The van der Waals surface area contributed by atoms with Crippen LogP contribution in [0.2, 0.25) is 0 Å². The van der Waals surface area contributed by atoms with Gasteiger partial charge in [0.1, 0.15) is 5.75 Å². The first kappa shape index (κ1) is 18.1. The van der Waals surface area contributed by atoms with Crippen LogP contribution in [0.3, 0.4) is 0 Å². The molecule has 0 bridgehead atoms. The maximum atomic E-state index is 12.8. The van der Waals surface area contributed by atoms with Gasteiger partial charge in [0, 0.05) is 6.42 Å². The third-order valence-electron chi connectivity index (χ3n) is 3.02. The Balaban J connectivity index is 2.34. The molecular weight excluding hydrogens is 342 g/mol. The highest BCUT2D eigenvalue weighted by atomic mass is 19.4.